The van der Waals surface area contributed by atoms with Gasteiger partial charge < -0.3 is 20.1 Å². The summed E-state index contributed by atoms with van der Waals surface area (Å²) >= 11 is 0. The third-order valence-electron chi connectivity index (χ3n) is 6.61. The highest BCUT2D eigenvalue weighted by atomic mass is 16.5. The van der Waals surface area contributed by atoms with Crippen LogP contribution in [0.15, 0.2) is 48.5 Å². The zero-order valence-corrected chi connectivity index (χ0v) is 18.9. The number of carboxylic acids is 1. The average Bonchev–Trinajstić information content (AvgIpc) is 3.16. The summed E-state index contributed by atoms with van der Waals surface area (Å²) in [4.78, 5) is 37.7. The number of aliphatic carboxylic acids is 1. The number of carbonyl (C=O) groups is 3. The number of benzene rings is 2. The fourth-order valence-electron chi connectivity index (χ4n) is 5.10. The molecule has 34 heavy (non-hydrogen) atoms. The third-order valence-corrected chi connectivity index (χ3v) is 6.61. The van der Waals surface area contributed by atoms with Gasteiger partial charge in [0.25, 0.3) is 0 Å². The molecule has 2 amide bonds. The lowest BCUT2D eigenvalue weighted by molar-refractivity contribution is -0.146. The van der Waals surface area contributed by atoms with Gasteiger partial charge in [0.2, 0.25) is 5.91 Å². The Balaban J connectivity index is 1.34. The summed E-state index contributed by atoms with van der Waals surface area (Å²) in [7, 11) is 0. The SMILES string of the molecule is C#CCN(CC(=O)O)C(=O)[C@@H]1CCC[C@@H](NC(=O)OCC2c3ccccc3-c3ccccc32)C1. The fraction of sp³-hybridized carbons (Fsp3) is 0.370. The van der Waals surface area contributed by atoms with Gasteiger partial charge in [0.1, 0.15) is 13.2 Å². The van der Waals surface area contributed by atoms with Crippen LogP contribution in [-0.2, 0) is 14.3 Å². The summed E-state index contributed by atoms with van der Waals surface area (Å²) in [6.07, 6.45) is 7.36. The molecule has 2 aromatic rings. The highest BCUT2D eigenvalue weighted by Gasteiger charge is 2.33. The van der Waals surface area contributed by atoms with Gasteiger partial charge in [-0.25, -0.2) is 4.79 Å². The Morgan fingerprint density at radius 1 is 1.06 bits per heavy atom. The molecule has 2 aromatic carbocycles. The molecular weight excluding hydrogens is 432 g/mol. The Labute approximate surface area is 199 Å². The van der Waals surface area contributed by atoms with Crippen molar-refractivity contribution in [3.63, 3.8) is 0 Å². The Kier molecular flexibility index (Phi) is 7.17. The van der Waals surface area contributed by atoms with Crippen LogP contribution in [0.2, 0.25) is 0 Å². The van der Waals surface area contributed by atoms with Crippen LogP contribution >= 0.6 is 0 Å². The molecule has 1 fully saturated rings. The van der Waals surface area contributed by atoms with E-state index in [0.29, 0.717) is 12.8 Å². The molecule has 0 bridgehead atoms. The monoisotopic (exact) mass is 460 g/mol. The normalized spacial score (nSPS) is 18.8. The van der Waals surface area contributed by atoms with E-state index in [9.17, 15) is 14.4 Å². The van der Waals surface area contributed by atoms with Crippen LogP contribution in [0.25, 0.3) is 11.1 Å². The third kappa shape index (κ3) is 5.07. The number of alkyl carbamates (subject to hydrolysis) is 1. The molecule has 0 unspecified atom stereocenters. The predicted molar refractivity (Wildman–Crippen MR) is 127 cm³/mol. The molecule has 2 atom stereocenters. The molecule has 1 saturated carbocycles. The minimum absolute atomic E-state index is 0.0211. The van der Waals surface area contributed by atoms with E-state index in [-0.39, 0.29) is 36.9 Å². The number of fused-ring (bicyclic) bond motifs is 3. The van der Waals surface area contributed by atoms with Gasteiger partial charge in [0, 0.05) is 17.9 Å². The maximum absolute atomic E-state index is 12.8. The Hall–Kier alpha value is -3.79. The lowest BCUT2D eigenvalue weighted by Crippen LogP contribution is -2.45. The van der Waals surface area contributed by atoms with Crippen molar-refractivity contribution in [2.24, 2.45) is 5.92 Å². The van der Waals surface area contributed by atoms with Crippen molar-refractivity contribution in [1.29, 1.82) is 0 Å². The van der Waals surface area contributed by atoms with Crippen LogP contribution in [0.5, 0.6) is 0 Å². The molecule has 0 saturated heterocycles. The van der Waals surface area contributed by atoms with Crippen LogP contribution in [0.1, 0.15) is 42.7 Å². The number of hydrogen-bond donors (Lipinski definition) is 2. The molecule has 4 rings (SSSR count). The van der Waals surface area contributed by atoms with E-state index in [1.807, 2.05) is 24.3 Å². The van der Waals surface area contributed by atoms with Gasteiger partial charge in [-0.2, -0.15) is 0 Å². The molecule has 0 heterocycles. The van der Waals surface area contributed by atoms with Gasteiger partial charge in [-0.05, 0) is 41.5 Å². The van der Waals surface area contributed by atoms with Gasteiger partial charge in [-0.3, -0.25) is 9.59 Å². The van der Waals surface area contributed by atoms with Crippen LogP contribution in [0.4, 0.5) is 4.79 Å². The average molecular weight is 461 g/mol. The van der Waals surface area contributed by atoms with E-state index < -0.39 is 18.6 Å². The quantitative estimate of drug-likeness (QED) is 0.615. The molecule has 2 aliphatic carbocycles. The molecule has 7 heteroatoms. The van der Waals surface area contributed by atoms with Crippen LogP contribution in [-0.4, -0.2) is 53.7 Å². The van der Waals surface area contributed by atoms with Crippen molar-refractivity contribution in [2.75, 3.05) is 19.7 Å². The van der Waals surface area contributed by atoms with Crippen molar-refractivity contribution in [2.45, 2.75) is 37.6 Å². The first-order valence-corrected chi connectivity index (χ1v) is 11.5. The summed E-state index contributed by atoms with van der Waals surface area (Å²) in [5.41, 5.74) is 4.62. The first-order valence-electron chi connectivity index (χ1n) is 11.5. The Bertz CT molecular complexity index is 1080. The van der Waals surface area contributed by atoms with Gasteiger partial charge in [0.05, 0.1) is 6.54 Å². The minimum atomic E-state index is -1.10. The first-order chi connectivity index (χ1) is 16.5. The summed E-state index contributed by atoms with van der Waals surface area (Å²) < 4.78 is 5.63. The van der Waals surface area contributed by atoms with Gasteiger partial charge >= 0.3 is 12.1 Å². The van der Waals surface area contributed by atoms with Crippen LogP contribution in [0, 0.1) is 18.3 Å². The molecule has 0 aliphatic heterocycles. The molecule has 2 aliphatic rings. The Morgan fingerprint density at radius 2 is 1.71 bits per heavy atom. The van der Waals surface area contributed by atoms with Crippen molar-refractivity contribution < 1.29 is 24.2 Å². The van der Waals surface area contributed by atoms with Crippen LogP contribution < -0.4 is 5.32 Å². The zero-order chi connectivity index (χ0) is 24.1. The summed E-state index contributed by atoms with van der Waals surface area (Å²) in [5, 5.41) is 12.0. The van der Waals surface area contributed by atoms with Crippen molar-refractivity contribution in [1.82, 2.24) is 10.2 Å². The first kappa shape index (κ1) is 23.4. The van der Waals surface area contributed by atoms with Crippen molar-refractivity contribution >= 4 is 18.0 Å². The smallest absolute Gasteiger partial charge is 0.407 e. The minimum Gasteiger partial charge on any atom is -0.480 e. The van der Waals surface area contributed by atoms with E-state index >= 15 is 0 Å². The lowest BCUT2D eigenvalue weighted by Gasteiger charge is -2.31. The number of rotatable bonds is 7. The maximum atomic E-state index is 12.8. The summed E-state index contributed by atoms with van der Waals surface area (Å²) in [6, 6.07) is 16.1. The fourth-order valence-corrected chi connectivity index (χ4v) is 5.10. The number of nitrogens with one attached hydrogen (secondary N) is 1. The van der Waals surface area contributed by atoms with Gasteiger partial charge in [-0.15, -0.1) is 6.42 Å². The molecule has 0 spiro atoms. The molecule has 0 aromatic heterocycles. The van der Waals surface area contributed by atoms with E-state index in [4.69, 9.17) is 16.3 Å². The van der Waals surface area contributed by atoms with Crippen molar-refractivity contribution in [3.8, 4) is 23.5 Å². The van der Waals surface area contributed by atoms with E-state index in [0.717, 1.165) is 24.0 Å². The molecule has 176 valence electrons. The molecule has 7 nitrogen and oxygen atoms in total. The van der Waals surface area contributed by atoms with E-state index in [2.05, 4.69) is 35.5 Å². The van der Waals surface area contributed by atoms with E-state index in [1.54, 1.807) is 0 Å². The molecule has 0 radical (unpaired) electrons. The lowest BCUT2D eigenvalue weighted by atomic mass is 9.85. The second kappa shape index (κ2) is 10.4. The number of carbonyl (C=O) groups excluding carboxylic acids is 2. The molecular formula is C27H28N2O5. The zero-order valence-electron chi connectivity index (χ0n) is 18.9. The number of carboxylic acid groups (broad SMARTS) is 1. The molecule has 2 N–H and O–H groups in total. The second-order valence-corrected chi connectivity index (χ2v) is 8.82. The van der Waals surface area contributed by atoms with Crippen molar-refractivity contribution in [3.05, 3.63) is 59.7 Å². The van der Waals surface area contributed by atoms with Gasteiger partial charge in [0.15, 0.2) is 0 Å². The summed E-state index contributed by atoms with van der Waals surface area (Å²) in [5.74, 6) is 0.568. The highest BCUT2D eigenvalue weighted by molar-refractivity contribution is 5.83. The summed E-state index contributed by atoms with van der Waals surface area (Å²) in [6.45, 7) is -0.250. The largest absolute Gasteiger partial charge is 0.480 e. The highest BCUT2D eigenvalue weighted by Crippen LogP contribution is 2.44. The number of nitrogens with zero attached hydrogens (tertiary/aromatic N) is 1. The van der Waals surface area contributed by atoms with Crippen LogP contribution in [0.3, 0.4) is 0 Å². The standard InChI is InChI=1S/C27H28N2O5/c1-2-14-29(16-25(30)31)26(32)18-8-7-9-19(15-18)28-27(33)34-17-24-22-12-5-3-10-20(22)21-11-4-6-13-23(21)24/h1,3-6,10-13,18-19,24H,7-9,14-17H2,(H,28,33)(H,30,31)/t18-,19-/m1/s1. The van der Waals surface area contributed by atoms with E-state index in [1.165, 1.54) is 16.0 Å². The van der Waals surface area contributed by atoms with Gasteiger partial charge in [-0.1, -0.05) is 60.9 Å². The number of hydrogen-bond acceptors (Lipinski definition) is 4. The predicted octanol–water partition coefficient (Wildman–Crippen LogP) is 3.63. The number of amides is 2. The number of ether oxygens (including phenoxy) is 1. The number of terminal acetylenes is 1. The Morgan fingerprint density at radius 3 is 2.32 bits per heavy atom. The second-order valence-electron chi connectivity index (χ2n) is 8.82. The topological polar surface area (TPSA) is 95.9 Å². The maximum Gasteiger partial charge on any atom is 0.407 e.